The number of carbonyl (C=O) groups is 1. The van der Waals surface area contributed by atoms with Crippen LogP contribution >= 0.6 is 0 Å². The van der Waals surface area contributed by atoms with Gasteiger partial charge in [-0.3, -0.25) is 4.79 Å². The molecule has 1 saturated heterocycles. The van der Waals surface area contributed by atoms with Gasteiger partial charge in [0.2, 0.25) is 0 Å². The van der Waals surface area contributed by atoms with Crippen molar-refractivity contribution in [1.29, 1.82) is 0 Å². The number of aliphatic carboxylic acids is 1. The van der Waals surface area contributed by atoms with Crippen molar-refractivity contribution < 1.29 is 14.6 Å². The smallest absolute Gasteiger partial charge is 0.307 e. The molecule has 3 nitrogen and oxygen atoms in total. The first-order chi connectivity index (χ1) is 6.55. The summed E-state index contributed by atoms with van der Waals surface area (Å²) < 4.78 is 5.29. The minimum absolute atomic E-state index is 0.00778. The predicted octanol–water partition coefficient (Wildman–Crippen LogP) is 1.77. The molecule has 1 aliphatic carbocycles. The Morgan fingerprint density at radius 2 is 1.93 bits per heavy atom. The standard InChI is InChI=1S/C11H18O3/c1-11(2)8(9(11)10(12)13)7-3-5-14-6-4-7/h7-9H,3-6H2,1-2H3,(H,12,13). The highest BCUT2D eigenvalue weighted by molar-refractivity contribution is 5.75. The number of hydrogen-bond acceptors (Lipinski definition) is 2. The van der Waals surface area contributed by atoms with Crippen LogP contribution in [-0.4, -0.2) is 24.3 Å². The van der Waals surface area contributed by atoms with Crippen molar-refractivity contribution in [2.45, 2.75) is 26.7 Å². The van der Waals surface area contributed by atoms with Crippen LogP contribution in [0, 0.1) is 23.2 Å². The van der Waals surface area contributed by atoms with E-state index in [1.165, 1.54) is 0 Å². The van der Waals surface area contributed by atoms with Gasteiger partial charge in [-0.25, -0.2) is 0 Å². The van der Waals surface area contributed by atoms with Crippen molar-refractivity contribution in [3.8, 4) is 0 Å². The normalized spacial score (nSPS) is 36.7. The second kappa shape index (κ2) is 3.23. The first-order valence-corrected chi connectivity index (χ1v) is 5.35. The summed E-state index contributed by atoms with van der Waals surface area (Å²) in [6.07, 6.45) is 2.08. The van der Waals surface area contributed by atoms with Crippen LogP contribution in [0.5, 0.6) is 0 Å². The quantitative estimate of drug-likeness (QED) is 0.735. The summed E-state index contributed by atoms with van der Waals surface area (Å²) in [6, 6.07) is 0. The van der Waals surface area contributed by atoms with Gasteiger partial charge in [0.1, 0.15) is 0 Å². The molecule has 0 amide bonds. The molecule has 3 heteroatoms. The summed E-state index contributed by atoms with van der Waals surface area (Å²) >= 11 is 0. The fourth-order valence-electron chi connectivity index (χ4n) is 3.10. The third kappa shape index (κ3) is 1.44. The van der Waals surface area contributed by atoms with Crippen molar-refractivity contribution >= 4 is 5.97 Å². The van der Waals surface area contributed by atoms with Crippen LogP contribution in [0.4, 0.5) is 0 Å². The van der Waals surface area contributed by atoms with E-state index in [1.54, 1.807) is 0 Å². The van der Waals surface area contributed by atoms with Gasteiger partial charge in [-0.2, -0.15) is 0 Å². The van der Waals surface area contributed by atoms with Crippen LogP contribution < -0.4 is 0 Å². The Morgan fingerprint density at radius 1 is 1.36 bits per heavy atom. The van der Waals surface area contributed by atoms with Crippen molar-refractivity contribution in [1.82, 2.24) is 0 Å². The fraction of sp³-hybridized carbons (Fsp3) is 0.909. The van der Waals surface area contributed by atoms with Crippen LogP contribution in [0.1, 0.15) is 26.7 Å². The average molecular weight is 198 g/mol. The SMILES string of the molecule is CC1(C)C(C(=O)O)C1C1CCOCC1. The summed E-state index contributed by atoms with van der Waals surface area (Å²) in [5, 5.41) is 9.06. The van der Waals surface area contributed by atoms with Gasteiger partial charge in [-0.1, -0.05) is 13.8 Å². The van der Waals surface area contributed by atoms with Gasteiger partial charge in [-0.05, 0) is 30.1 Å². The van der Waals surface area contributed by atoms with Crippen LogP contribution in [0.25, 0.3) is 0 Å². The lowest BCUT2D eigenvalue weighted by Gasteiger charge is -2.23. The van der Waals surface area contributed by atoms with Crippen LogP contribution in [0.15, 0.2) is 0 Å². The molecule has 1 saturated carbocycles. The van der Waals surface area contributed by atoms with Crippen molar-refractivity contribution in [2.75, 3.05) is 13.2 Å². The van der Waals surface area contributed by atoms with Crippen LogP contribution in [0.3, 0.4) is 0 Å². The van der Waals surface area contributed by atoms with E-state index in [9.17, 15) is 4.79 Å². The molecular weight excluding hydrogens is 180 g/mol. The molecule has 2 atom stereocenters. The van der Waals surface area contributed by atoms with Crippen molar-refractivity contribution in [3.05, 3.63) is 0 Å². The fourth-order valence-corrected chi connectivity index (χ4v) is 3.10. The van der Waals surface area contributed by atoms with E-state index < -0.39 is 5.97 Å². The monoisotopic (exact) mass is 198 g/mol. The predicted molar refractivity (Wildman–Crippen MR) is 51.9 cm³/mol. The zero-order valence-corrected chi connectivity index (χ0v) is 8.82. The van der Waals surface area contributed by atoms with Gasteiger partial charge in [0, 0.05) is 13.2 Å². The molecule has 0 spiro atoms. The molecule has 14 heavy (non-hydrogen) atoms. The maximum Gasteiger partial charge on any atom is 0.307 e. The van der Waals surface area contributed by atoms with E-state index in [-0.39, 0.29) is 11.3 Å². The van der Waals surface area contributed by atoms with Gasteiger partial charge in [0.15, 0.2) is 0 Å². The summed E-state index contributed by atoms with van der Waals surface area (Å²) in [5.74, 6) is 0.209. The second-order valence-electron chi connectivity index (χ2n) is 5.11. The van der Waals surface area contributed by atoms with E-state index in [0.29, 0.717) is 11.8 Å². The lowest BCUT2D eigenvalue weighted by Crippen LogP contribution is -2.19. The third-order valence-corrected chi connectivity index (χ3v) is 3.95. The van der Waals surface area contributed by atoms with E-state index in [0.717, 1.165) is 26.1 Å². The molecule has 0 radical (unpaired) electrons. The summed E-state index contributed by atoms with van der Waals surface area (Å²) in [4.78, 5) is 11.0. The average Bonchev–Trinajstić information content (AvgIpc) is 2.71. The number of ether oxygens (including phenoxy) is 1. The minimum atomic E-state index is -0.619. The number of carboxylic acids is 1. The van der Waals surface area contributed by atoms with Gasteiger partial charge in [0.25, 0.3) is 0 Å². The molecular formula is C11H18O3. The molecule has 1 heterocycles. The molecule has 2 aliphatic rings. The van der Waals surface area contributed by atoms with E-state index in [2.05, 4.69) is 13.8 Å². The van der Waals surface area contributed by atoms with E-state index >= 15 is 0 Å². The highest BCUT2D eigenvalue weighted by Crippen LogP contribution is 2.63. The maximum atomic E-state index is 11.0. The number of rotatable bonds is 2. The van der Waals surface area contributed by atoms with E-state index in [4.69, 9.17) is 9.84 Å². The van der Waals surface area contributed by atoms with Crippen LogP contribution in [0.2, 0.25) is 0 Å². The zero-order valence-electron chi connectivity index (χ0n) is 8.82. The molecule has 0 aromatic rings. The Bertz CT molecular complexity index is 241. The van der Waals surface area contributed by atoms with Crippen molar-refractivity contribution in [2.24, 2.45) is 23.2 Å². The number of carboxylic acid groups (broad SMARTS) is 1. The highest BCUT2D eigenvalue weighted by atomic mass is 16.5. The lowest BCUT2D eigenvalue weighted by atomic mass is 9.90. The van der Waals surface area contributed by atoms with E-state index in [1.807, 2.05) is 0 Å². The highest BCUT2D eigenvalue weighted by Gasteiger charge is 2.64. The molecule has 1 N–H and O–H groups in total. The molecule has 1 aliphatic heterocycles. The molecule has 2 rings (SSSR count). The van der Waals surface area contributed by atoms with Gasteiger partial charge >= 0.3 is 5.97 Å². The Balaban J connectivity index is 2.02. The largest absolute Gasteiger partial charge is 0.481 e. The Hall–Kier alpha value is -0.570. The van der Waals surface area contributed by atoms with Gasteiger partial charge < -0.3 is 9.84 Å². The summed E-state index contributed by atoms with van der Waals surface area (Å²) in [7, 11) is 0. The molecule has 0 bridgehead atoms. The molecule has 0 aromatic heterocycles. The third-order valence-electron chi connectivity index (χ3n) is 3.95. The Morgan fingerprint density at radius 3 is 2.36 bits per heavy atom. The first kappa shape index (κ1) is 9.97. The summed E-state index contributed by atoms with van der Waals surface area (Å²) in [5.41, 5.74) is 0.00778. The number of hydrogen-bond donors (Lipinski definition) is 1. The molecule has 0 aromatic carbocycles. The zero-order chi connectivity index (χ0) is 10.3. The molecule has 80 valence electrons. The Kier molecular flexibility index (Phi) is 2.30. The summed E-state index contributed by atoms with van der Waals surface area (Å²) in [6.45, 7) is 5.77. The topological polar surface area (TPSA) is 46.5 Å². The second-order valence-corrected chi connectivity index (χ2v) is 5.11. The molecule has 2 unspecified atom stereocenters. The Labute approximate surface area is 84.4 Å². The maximum absolute atomic E-state index is 11.0. The van der Waals surface area contributed by atoms with Gasteiger partial charge in [-0.15, -0.1) is 0 Å². The minimum Gasteiger partial charge on any atom is -0.481 e. The first-order valence-electron chi connectivity index (χ1n) is 5.35. The lowest BCUT2D eigenvalue weighted by molar-refractivity contribution is -0.139. The van der Waals surface area contributed by atoms with Gasteiger partial charge in [0.05, 0.1) is 5.92 Å². The molecule has 2 fully saturated rings. The van der Waals surface area contributed by atoms with Crippen LogP contribution in [-0.2, 0) is 9.53 Å². The van der Waals surface area contributed by atoms with Crippen molar-refractivity contribution in [3.63, 3.8) is 0 Å².